The summed E-state index contributed by atoms with van der Waals surface area (Å²) in [5.41, 5.74) is 3.24. The molecule has 1 N–H and O–H groups in total. The van der Waals surface area contributed by atoms with Gasteiger partial charge in [-0.25, -0.2) is 9.78 Å². The Hall–Kier alpha value is -3.74. The molecule has 0 aliphatic carbocycles. The lowest BCUT2D eigenvalue weighted by molar-refractivity contribution is 0.0475. The third-order valence-electron chi connectivity index (χ3n) is 6.37. The van der Waals surface area contributed by atoms with E-state index in [1.54, 1.807) is 29.0 Å². The number of aryl methyl sites for hydroxylation is 2. The zero-order chi connectivity index (χ0) is 22.9. The van der Waals surface area contributed by atoms with E-state index < -0.39 is 5.97 Å². The van der Waals surface area contributed by atoms with Crippen LogP contribution in [-0.4, -0.2) is 32.9 Å². The molecule has 0 unspecified atom stereocenters. The van der Waals surface area contributed by atoms with Crippen LogP contribution in [0.2, 0.25) is 0 Å². The second kappa shape index (κ2) is 8.65. The lowest BCUT2D eigenvalue weighted by atomic mass is 10.1. The van der Waals surface area contributed by atoms with Crippen LogP contribution in [0.25, 0.3) is 21.8 Å². The van der Waals surface area contributed by atoms with Crippen LogP contribution in [0.4, 0.5) is 0 Å². The van der Waals surface area contributed by atoms with Gasteiger partial charge in [-0.2, -0.15) is 0 Å². The van der Waals surface area contributed by atoms with Gasteiger partial charge in [0.1, 0.15) is 5.82 Å². The summed E-state index contributed by atoms with van der Waals surface area (Å²) in [5.74, 6) is -0.127. The Labute approximate surface area is 190 Å². The number of H-pyrrole nitrogens is 1. The summed E-state index contributed by atoms with van der Waals surface area (Å²) >= 11 is 0. The average Bonchev–Trinajstić information content (AvgIpc) is 3.13. The molecule has 0 bridgehead atoms. The molecule has 5 rings (SSSR count). The van der Waals surface area contributed by atoms with Crippen LogP contribution in [0.15, 0.2) is 47.4 Å². The molecule has 2 aromatic heterocycles. The van der Waals surface area contributed by atoms with E-state index in [1.165, 1.54) is 0 Å². The van der Waals surface area contributed by atoms with Crippen LogP contribution in [0.5, 0.6) is 0 Å². The second-order valence-electron chi connectivity index (χ2n) is 8.42. The molecule has 0 atom stereocenters. The van der Waals surface area contributed by atoms with Gasteiger partial charge in [0.2, 0.25) is 5.78 Å². The van der Waals surface area contributed by atoms with Crippen molar-refractivity contribution in [2.75, 3.05) is 6.61 Å². The quantitative estimate of drug-likeness (QED) is 0.368. The van der Waals surface area contributed by atoms with Crippen molar-refractivity contribution in [3.05, 3.63) is 75.5 Å². The Morgan fingerprint density at radius 1 is 1.12 bits per heavy atom. The highest BCUT2D eigenvalue weighted by atomic mass is 16.5. The van der Waals surface area contributed by atoms with Crippen molar-refractivity contribution < 1.29 is 14.3 Å². The van der Waals surface area contributed by atoms with Crippen molar-refractivity contribution in [2.45, 2.75) is 45.6 Å². The van der Waals surface area contributed by atoms with Crippen molar-refractivity contribution in [3.63, 3.8) is 0 Å². The van der Waals surface area contributed by atoms with E-state index in [4.69, 9.17) is 4.74 Å². The summed E-state index contributed by atoms with van der Waals surface area (Å²) < 4.78 is 7.06. The first-order valence-corrected chi connectivity index (χ1v) is 11.4. The third kappa shape index (κ3) is 3.84. The normalized spacial score (nSPS) is 13.6. The van der Waals surface area contributed by atoms with Gasteiger partial charge in [0.05, 0.1) is 16.5 Å². The summed E-state index contributed by atoms with van der Waals surface area (Å²) in [6.45, 7) is 2.38. The third-order valence-corrected chi connectivity index (χ3v) is 6.37. The van der Waals surface area contributed by atoms with E-state index in [2.05, 4.69) is 16.9 Å². The number of carbonyl (C=O) groups is 2. The largest absolute Gasteiger partial charge is 0.454 e. The average molecular weight is 444 g/mol. The van der Waals surface area contributed by atoms with Gasteiger partial charge in [0.25, 0.3) is 5.56 Å². The van der Waals surface area contributed by atoms with Crippen molar-refractivity contribution in [2.24, 2.45) is 0 Å². The Morgan fingerprint density at radius 3 is 2.85 bits per heavy atom. The lowest BCUT2D eigenvalue weighted by Gasteiger charge is -2.11. The standard InChI is InChI=1S/C26H25N3O4/c1-2-16-7-6-8-18-20(14-27-24(16)18)22(30)15-33-26(32)17-10-11-19-21(13-17)28-23-9-4-3-5-12-29(23)25(19)31/h6-8,10-11,13-14,27H,2-5,9,12,15H2,1H3. The van der Waals surface area contributed by atoms with E-state index in [9.17, 15) is 14.4 Å². The molecule has 1 aliphatic rings. The number of carbonyl (C=O) groups excluding carboxylic acids is 2. The highest BCUT2D eigenvalue weighted by Crippen LogP contribution is 2.23. The van der Waals surface area contributed by atoms with Crippen molar-refractivity contribution in [3.8, 4) is 0 Å². The van der Waals surface area contributed by atoms with Gasteiger partial charge in [-0.1, -0.05) is 31.5 Å². The molecule has 168 valence electrons. The lowest BCUT2D eigenvalue weighted by Crippen LogP contribution is -2.24. The molecule has 4 aromatic rings. The van der Waals surface area contributed by atoms with Crippen molar-refractivity contribution in [1.82, 2.24) is 14.5 Å². The number of ketones is 1. The van der Waals surface area contributed by atoms with Crippen LogP contribution in [0.1, 0.15) is 58.3 Å². The maximum atomic E-state index is 12.9. The fourth-order valence-corrected chi connectivity index (χ4v) is 4.58. The summed E-state index contributed by atoms with van der Waals surface area (Å²) in [5, 5.41) is 1.31. The van der Waals surface area contributed by atoms with Gasteiger partial charge in [0.15, 0.2) is 6.61 Å². The monoisotopic (exact) mass is 443 g/mol. The number of nitrogens with zero attached hydrogens (tertiary/aromatic N) is 2. The molecule has 0 radical (unpaired) electrons. The SMILES string of the molecule is CCc1cccc2c(C(=O)COC(=O)c3ccc4c(=O)n5c(nc4c3)CCCCC5)c[nH]c12. The summed E-state index contributed by atoms with van der Waals surface area (Å²) in [6, 6.07) is 10.6. The molecule has 0 saturated carbocycles. The minimum Gasteiger partial charge on any atom is -0.454 e. The van der Waals surface area contributed by atoms with Crippen LogP contribution >= 0.6 is 0 Å². The molecule has 7 nitrogen and oxygen atoms in total. The predicted molar refractivity (Wildman–Crippen MR) is 126 cm³/mol. The van der Waals surface area contributed by atoms with Crippen molar-refractivity contribution >= 4 is 33.6 Å². The number of nitrogens with one attached hydrogen (secondary N) is 1. The molecule has 1 aliphatic heterocycles. The first-order valence-electron chi connectivity index (χ1n) is 11.4. The zero-order valence-electron chi connectivity index (χ0n) is 18.5. The summed E-state index contributed by atoms with van der Waals surface area (Å²) in [4.78, 5) is 46.1. The molecule has 0 amide bonds. The molecule has 3 heterocycles. The van der Waals surface area contributed by atoms with E-state index in [-0.39, 0.29) is 23.5 Å². The highest BCUT2D eigenvalue weighted by molar-refractivity contribution is 6.09. The van der Waals surface area contributed by atoms with E-state index in [0.717, 1.165) is 54.4 Å². The minimum absolute atomic E-state index is 0.0715. The number of aromatic nitrogens is 3. The van der Waals surface area contributed by atoms with Crippen LogP contribution in [0, 0.1) is 0 Å². The first-order chi connectivity index (χ1) is 16.1. The van der Waals surface area contributed by atoms with Crippen LogP contribution < -0.4 is 5.56 Å². The zero-order valence-corrected chi connectivity index (χ0v) is 18.5. The Balaban J connectivity index is 1.36. The van der Waals surface area contributed by atoms with Crippen molar-refractivity contribution in [1.29, 1.82) is 0 Å². The molecular weight excluding hydrogens is 418 g/mol. The Kier molecular flexibility index (Phi) is 5.54. The van der Waals surface area contributed by atoms with Gasteiger partial charge in [-0.15, -0.1) is 0 Å². The number of benzene rings is 2. The molecule has 0 spiro atoms. The van der Waals surface area contributed by atoms with Gasteiger partial charge >= 0.3 is 5.97 Å². The van der Waals surface area contributed by atoms with Crippen LogP contribution in [-0.2, 0) is 24.1 Å². The maximum absolute atomic E-state index is 12.9. The fraction of sp³-hybridized carbons (Fsp3) is 0.308. The first kappa shape index (κ1) is 21.1. The highest BCUT2D eigenvalue weighted by Gasteiger charge is 2.18. The fourth-order valence-electron chi connectivity index (χ4n) is 4.58. The predicted octanol–water partition coefficient (Wildman–Crippen LogP) is 4.21. The molecule has 7 heteroatoms. The maximum Gasteiger partial charge on any atom is 0.338 e. The molecule has 2 aromatic carbocycles. The number of hydrogen-bond acceptors (Lipinski definition) is 5. The second-order valence-corrected chi connectivity index (χ2v) is 8.42. The number of rotatable bonds is 5. The van der Waals surface area contributed by atoms with Gasteiger partial charge in [0, 0.05) is 35.6 Å². The van der Waals surface area contributed by atoms with Gasteiger partial charge in [-0.05, 0) is 43.0 Å². The van der Waals surface area contributed by atoms with Gasteiger partial charge < -0.3 is 9.72 Å². The smallest absolute Gasteiger partial charge is 0.338 e. The van der Waals surface area contributed by atoms with Gasteiger partial charge in [-0.3, -0.25) is 14.2 Å². The van der Waals surface area contributed by atoms with Crippen LogP contribution in [0.3, 0.4) is 0 Å². The molecular formula is C26H25N3O4. The summed E-state index contributed by atoms with van der Waals surface area (Å²) in [7, 11) is 0. The molecule has 0 saturated heterocycles. The molecule has 33 heavy (non-hydrogen) atoms. The molecule has 0 fully saturated rings. The number of Topliss-reactive ketones (excluding diaryl/α,β-unsaturated/α-hetero) is 1. The Bertz CT molecular complexity index is 1450. The number of hydrogen-bond donors (Lipinski definition) is 1. The number of aromatic amines is 1. The minimum atomic E-state index is -0.615. The van der Waals surface area contributed by atoms with E-state index in [0.29, 0.717) is 23.0 Å². The topological polar surface area (TPSA) is 94.1 Å². The van der Waals surface area contributed by atoms with E-state index in [1.807, 2.05) is 18.2 Å². The number of para-hydroxylation sites is 1. The number of ether oxygens (including phenoxy) is 1. The Morgan fingerprint density at radius 2 is 2.00 bits per heavy atom. The number of esters is 1. The number of fused-ring (bicyclic) bond motifs is 3. The van der Waals surface area contributed by atoms with E-state index >= 15 is 0 Å². The summed E-state index contributed by atoms with van der Waals surface area (Å²) in [6.07, 6.45) is 6.30.